The molecule has 0 aliphatic carbocycles. The fraction of sp³-hybridized carbons (Fsp3) is 0.714. The Hall–Kier alpha value is -1.28. The molecule has 0 rings (SSSR count). The van der Waals surface area contributed by atoms with Crippen LogP contribution in [0.15, 0.2) is 0 Å². The van der Waals surface area contributed by atoms with Gasteiger partial charge in [-0.2, -0.15) is 0 Å². The molecule has 22 heavy (non-hydrogen) atoms. The first-order chi connectivity index (χ1) is 10.4. The molecule has 0 aliphatic rings. The summed E-state index contributed by atoms with van der Waals surface area (Å²) < 4.78 is 0. The van der Waals surface area contributed by atoms with Gasteiger partial charge in [-0.25, -0.2) is 0 Å². The van der Waals surface area contributed by atoms with Crippen molar-refractivity contribution in [2.45, 2.75) is 51.4 Å². The Labute approximate surface area is 141 Å². The number of unbranched alkanes of at least 4 members (excludes halogenated alkanes) is 4. The zero-order valence-electron chi connectivity index (χ0n) is 12.6. The molecule has 0 heterocycles. The number of carboxylic acids is 2. The van der Waals surface area contributed by atoms with Gasteiger partial charge in [0.1, 0.15) is 9.98 Å². The van der Waals surface area contributed by atoms with Crippen LogP contribution >= 0.6 is 24.4 Å². The summed E-state index contributed by atoms with van der Waals surface area (Å²) in [6, 6.07) is 0. The van der Waals surface area contributed by atoms with E-state index in [9.17, 15) is 9.59 Å². The van der Waals surface area contributed by atoms with Gasteiger partial charge in [-0.1, -0.05) is 37.3 Å². The van der Waals surface area contributed by atoms with Gasteiger partial charge in [0.2, 0.25) is 0 Å². The van der Waals surface area contributed by atoms with Gasteiger partial charge in [-0.3, -0.25) is 9.59 Å². The summed E-state index contributed by atoms with van der Waals surface area (Å²) in [5.41, 5.74) is 0. The number of carboxylic acid groups (broad SMARTS) is 2. The second-order valence-corrected chi connectivity index (χ2v) is 5.74. The molecule has 0 amide bonds. The summed E-state index contributed by atoms with van der Waals surface area (Å²) in [6.07, 6.45) is 5.12. The van der Waals surface area contributed by atoms with Crippen LogP contribution in [0.4, 0.5) is 0 Å². The first kappa shape index (κ1) is 20.7. The lowest BCUT2D eigenvalue weighted by atomic mass is 10.2. The molecule has 0 radical (unpaired) electrons. The van der Waals surface area contributed by atoms with Crippen molar-refractivity contribution in [2.75, 3.05) is 13.1 Å². The third-order valence-corrected chi connectivity index (χ3v) is 3.74. The van der Waals surface area contributed by atoms with E-state index >= 15 is 0 Å². The van der Waals surface area contributed by atoms with Crippen molar-refractivity contribution in [3.8, 4) is 0 Å². The number of rotatable bonds is 12. The fourth-order valence-corrected chi connectivity index (χ4v) is 2.07. The third kappa shape index (κ3) is 13.7. The number of nitrogens with one attached hydrogen (secondary N) is 2. The number of thiocarbonyl (C=S) groups is 2. The Morgan fingerprint density at radius 1 is 0.682 bits per heavy atom. The molecule has 0 fully saturated rings. The highest BCUT2D eigenvalue weighted by Crippen LogP contribution is 1.99. The lowest BCUT2D eigenvalue weighted by Crippen LogP contribution is -2.38. The molecule has 0 atom stereocenters. The maximum Gasteiger partial charge on any atom is 0.303 e. The van der Waals surface area contributed by atoms with E-state index in [4.69, 9.17) is 34.6 Å². The minimum atomic E-state index is -0.766. The highest BCUT2D eigenvalue weighted by molar-refractivity contribution is 7.89. The summed E-state index contributed by atoms with van der Waals surface area (Å²) in [5.74, 6) is -1.53. The van der Waals surface area contributed by atoms with Crippen molar-refractivity contribution in [2.24, 2.45) is 0 Å². The maximum absolute atomic E-state index is 10.3. The first-order valence-electron chi connectivity index (χ1n) is 7.43. The Morgan fingerprint density at radius 3 is 1.36 bits per heavy atom. The third-order valence-electron chi connectivity index (χ3n) is 2.91. The van der Waals surface area contributed by atoms with Crippen molar-refractivity contribution in [1.82, 2.24) is 10.6 Å². The molecule has 0 aliphatic heterocycles. The molecule has 4 N–H and O–H groups in total. The SMILES string of the molecule is O=C(O)CCCCCNC(=S)C(=S)NCCCCCC(=O)O. The van der Waals surface area contributed by atoms with Crippen molar-refractivity contribution in [3.05, 3.63) is 0 Å². The van der Waals surface area contributed by atoms with E-state index < -0.39 is 11.9 Å². The van der Waals surface area contributed by atoms with Gasteiger partial charge in [0.15, 0.2) is 0 Å². The van der Waals surface area contributed by atoms with Gasteiger partial charge in [0, 0.05) is 25.9 Å². The van der Waals surface area contributed by atoms with Gasteiger partial charge in [-0.15, -0.1) is 0 Å². The van der Waals surface area contributed by atoms with Crippen LogP contribution in [0, 0.1) is 0 Å². The van der Waals surface area contributed by atoms with E-state index in [1.807, 2.05) is 0 Å². The standard InChI is InChI=1S/C14H24N2O4S2/c17-11(18)7-3-1-5-9-15-13(21)14(22)16-10-6-2-4-8-12(19)20/h1-10H2,(H,15,21)(H,16,22)(H,17,18)(H,19,20). The highest BCUT2D eigenvalue weighted by atomic mass is 32.1. The van der Waals surface area contributed by atoms with Crippen LogP contribution in [0.3, 0.4) is 0 Å². The number of hydrogen-bond acceptors (Lipinski definition) is 4. The zero-order chi connectivity index (χ0) is 16.8. The molecule has 0 saturated heterocycles. The van der Waals surface area contributed by atoms with E-state index in [1.54, 1.807) is 0 Å². The topological polar surface area (TPSA) is 98.7 Å². The second kappa shape index (κ2) is 13.4. The highest BCUT2D eigenvalue weighted by Gasteiger charge is 2.03. The van der Waals surface area contributed by atoms with E-state index in [0.29, 0.717) is 35.9 Å². The largest absolute Gasteiger partial charge is 0.481 e. The van der Waals surface area contributed by atoms with E-state index in [-0.39, 0.29) is 12.8 Å². The molecule has 0 spiro atoms. The van der Waals surface area contributed by atoms with Crippen molar-refractivity contribution in [1.29, 1.82) is 0 Å². The Kier molecular flexibility index (Phi) is 12.6. The number of hydrogen-bond donors (Lipinski definition) is 4. The number of aliphatic carboxylic acids is 2. The summed E-state index contributed by atoms with van der Waals surface area (Å²) in [5, 5.41) is 23.1. The molecule has 0 bridgehead atoms. The molecule has 126 valence electrons. The zero-order valence-corrected chi connectivity index (χ0v) is 14.2. The van der Waals surface area contributed by atoms with Crippen LogP contribution in [0.5, 0.6) is 0 Å². The van der Waals surface area contributed by atoms with Crippen molar-refractivity contribution in [3.63, 3.8) is 0 Å². The second-order valence-electron chi connectivity index (χ2n) is 4.92. The maximum atomic E-state index is 10.3. The summed E-state index contributed by atoms with van der Waals surface area (Å²) >= 11 is 10.3. The van der Waals surface area contributed by atoms with Crippen LogP contribution in [-0.4, -0.2) is 45.2 Å². The van der Waals surface area contributed by atoms with Crippen LogP contribution in [0.1, 0.15) is 51.4 Å². The van der Waals surface area contributed by atoms with Crippen LogP contribution in [0.2, 0.25) is 0 Å². The monoisotopic (exact) mass is 348 g/mol. The van der Waals surface area contributed by atoms with Gasteiger partial charge >= 0.3 is 11.9 Å². The van der Waals surface area contributed by atoms with Gasteiger partial charge < -0.3 is 20.8 Å². The Balaban J connectivity index is 3.49. The lowest BCUT2D eigenvalue weighted by molar-refractivity contribution is -0.138. The molecule has 0 aromatic rings. The molecular weight excluding hydrogens is 324 g/mol. The summed E-state index contributed by atoms with van der Waals surface area (Å²) in [7, 11) is 0. The van der Waals surface area contributed by atoms with Crippen LogP contribution < -0.4 is 10.6 Å². The Bertz CT molecular complexity index is 353. The quantitative estimate of drug-likeness (QED) is 0.314. The molecule has 8 heteroatoms. The first-order valence-corrected chi connectivity index (χ1v) is 8.24. The Morgan fingerprint density at radius 2 is 1.05 bits per heavy atom. The van der Waals surface area contributed by atoms with Crippen molar-refractivity contribution >= 4 is 46.4 Å². The molecule has 0 aromatic carbocycles. The van der Waals surface area contributed by atoms with Gasteiger partial charge in [-0.05, 0) is 25.7 Å². The molecule has 0 saturated carbocycles. The average Bonchev–Trinajstić information content (AvgIpc) is 2.45. The molecule has 0 aromatic heterocycles. The van der Waals surface area contributed by atoms with Gasteiger partial charge in [0.05, 0.1) is 0 Å². The van der Waals surface area contributed by atoms with Gasteiger partial charge in [0.25, 0.3) is 0 Å². The van der Waals surface area contributed by atoms with Crippen LogP contribution in [0.25, 0.3) is 0 Å². The normalized spacial score (nSPS) is 10.0. The summed E-state index contributed by atoms with van der Waals surface area (Å²) in [4.78, 5) is 21.7. The van der Waals surface area contributed by atoms with Crippen LogP contribution in [-0.2, 0) is 9.59 Å². The minimum Gasteiger partial charge on any atom is -0.481 e. The van der Waals surface area contributed by atoms with E-state index in [0.717, 1.165) is 25.7 Å². The minimum absolute atomic E-state index is 0.201. The molecule has 6 nitrogen and oxygen atoms in total. The lowest BCUT2D eigenvalue weighted by Gasteiger charge is -2.11. The molecular formula is C14H24N2O4S2. The van der Waals surface area contributed by atoms with Crippen molar-refractivity contribution < 1.29 is 19.8 Å². The summed E-state index contributed by atoms with van der Waals surface area (Å²) in [6.45, 7) is 1.36. The predicted octanol–water partition coefficient (Wildman–Crippen LogP) is 2.11. The average molecular weight is 348 g/mol. The fourth-order valence-electron chi connectivity index (χ4n) is 1.72. The smallest absolute Gasteiger partial charge is 0.303 e. The van der Waals surface area contributed by atoms with E-state index in [1.165, 1.54) is 0 Å². The predicted molar refractivity (Wildman–Crippen MR) is 93.4 cm³/mol. The van der Waals surface area contributed by atoms with E-state index in [2.05, 4.69) is 10.6 Å². The molecule has 0 unspecified atom stereocenters. The number of carbonyl (C=O) groups is 2.